The van der Waals surface area contributed by atoms with Crippen molar-refractivity contribution in [2.45, 2.75) is 46.6 Å². The zero-order valence-corrected chi connectivity index (χ0v) is 12.8. The number of nitrogens with zero attached hydrogens (tertiary/aromatic N) is 2. The fourth-order valence-electron chi connectivity index (χ4n) is 1.90. The molecule has 0 unspecified atom stereocenters. The molecule has 1 atom stereocenters. The number of rotatable bonds is 5. The predicted octanol–water partition coefficient (Wildman–Crippen LogP) is 4.28. The molecule has 108 valence electrons. The first kappa shape index (κ1) is 14.6. The minimum atomic E-state index is -0.225. The van der Waals surface area contributed by atoms with Gasteiger partial charge in [-0.25, -0.2) is 0 Å². The van der Waals surface area contributed by atoms with Crippen molar-refractivity contribution < 1.29 is 9.26 Å². The molecule has 2 aromatic rings. The zero-order valence-electron chi connectivity index (χ0n) is 12.8. The van der Waals surface area contributed by atoms with Gasteiger partial charge in [0.15, 0.2) is 11.9 Å². The van der Waals surface area contributed by atoms with E-state index in [1.165, 1.54) is 5.56 Å². The van der Waals surface area contributed by atoms with Crippen molar-refractivity contribution in [3.05, 3.63) is 41.5 Å². The van der Waals surface area contributed by atoms with Crippen molar-refractivity contribution in [2.75, 3.05) is 0 Å². The maximum Gasteiger partial charge on any atom is 0.267 e. The molecule has 1 heterocycles. The highest BCUT2D eigenvalue weighted by Crippen LogP contribution is 2.28. The summed E-state index contributed by atoms with van der Waals surface area (Å²) in [7, 11) is 0. The summed E-state index contributed by atoms with van der Waals surface area (Å²) in [6.07, 6.45) is -0.225. The van der Waals surface area contributed by atoms with Crippen LogP contribution >= 0.6 is 0 Å². The summed E-state index contributed by atoms with van der Waals surface area (Å²) in [6.45, 7) is 10.3. The van der Waals surface area contributed by atoms with Gasteiger partial charge in [0.2, 0.25) is 0 Å². The molecule has 0 aliphatic heterocycles. The van der Waals surface area contributed by atoms with E-state index in [-0.39, 0.29) is 17.9 Å². The number of aromatic nitrogens is 2. The van der Waals surface area contributed by atoms with E-state index in [2.05, 4.69) is 24.0 Å². The summed E-state index contributed by atoms with van der Waals surface area (Å²) in [5, 5.41) is 4.01. The van der Waals surface area contributed by atoms with Crippen molar-refractivity contribution in [1.29, 1.82) is 0 Å². The summed E-state index contributed by atoms with van der Waals surface area (Å²) >= 11 is 0. The fraction of sp³-hybridized carbons (Fsp3) is 0.500. The molecule has 0 bridgehead atoms. The Balaban J connectivity index is 2.22. The van der Waals surface area contributed by atoms with Gasteiger partial charge in [-0.15, -0.1) is 0 Å². The molecule has 0 amide bonds. The smallest absolute Gasteiger partial charge is 0.267 e. The maximum absolute atomic E-state index is 6.04. The Morgan fingerprint density at radius 3 is 2.45 bits per heavy atom. The first-order valence-corrected chi connectivity index (χ1v) is 7.04. The van der Waals surface area contributed by atoms with E-state index in [0.29, 0.717) is 5.89 Å². The van der Waals surface area contributed by atoms with Gasteiger partial charge in [-0.1, -0.05) is 45.0 Å². The van der Waals surface area contributed by atoms with Crippen molar-refractivity contribution in [2.24, 2.45) is 5.92 Å². The number of hydrogen-bond acceptors (Lipinski definition) is 4. The third-order valence-electron chi connectivity index (χ3n) is 3.08. The zero-order chi connectivity index (χ0) is 14.7. The topological polar surface area (TPSA) is 48.2 Å². The molecule has 0 radical (unpaired) electrons. The summed E-state index contributed by atoms with van der Waals surface area (Å²) in [5.41, 5.74) is 1.17. The molecule has 20 heavy (non-hydrogen) atoms. The minimum absolute atomic E-state index is 0.225. The molecule has 2 rings (SSSR count). The van der Waals surface area contributed by atoms with Gasteiger partial charge < -0.3 is 9.26 Å². The van der Waals surface area contributed by atoms with Crippen LogP contribution in [0.3, 0.4) is 0 Å². The molecule has 1 aromatic carbocycles. The van der Waals surface area contributed by atoms with Crippen LogP contribution in [-0.4, -0.2) is 10.1 Å². The van der Waals surface area contributed by atoms with Crippen LogP contribution in [0.25, 0.3) is 0 Å². The van der Waals surface area contributed by atoms with E-state index < -0.39 is 0 Å². The highest BCUT2D eigenvalue weighted by atomic mass is 16.5. The summed E-state index contributed by atoms with van der Waals surface area (Å²) in [6, 6.07) is 7.98. The summed E-state index contributed by atoms with van der Waals surface area (Å²) < 4.78 is 11.4. The third kappa shape index (κ3) is 3.38. The molecular formula is C16H22N2O2. The van der Waals surface area contributed by atoms with E-state index in [0.717, 1.165) is 11.6 Å². The molecule has 0 fully saturated rings. The fourth-order valence-corrected chi connectivity index (χ4v) is 1.90. The quantitative estimate of drug-likeness (QED) is 0.816. The van der Waals surface area contributed by atoms with E-state index in [9.17, 15) is 0 Å². The van der Waals surface area contributed by atoms with E-state index in [1.54, 1.807) is 0 Å². The van der Waals surface area contributed by atoms with Crippen molar-refractivity contribution in [1.82, 2.24) is 10.1 Å². The molecule has 0 saturated carbocycles. The minimum Gasteiger partial charge on any atom is -0.480 e. The van der Waals surface area contributed by atoms with Crippen LogP contribution in [0.15, 0.2) is 28.8 Å². The largest absolute Gasteiger partial charge is 0.480 e. The first-order valence-electron chi connectivity index (χ1n) is 7.04. The molecular weight excluding hydrogens is 252 g/mol. The lowest BCUT2D eigenvalue weighted by atomic mass is 10.1. The van der Waals surface area contributed by atoms with E-state index in [4.69, 9.17) is 9.26 Å². The third-order valence-corrected chi connectivity index (χ3v) is 3.08. The van der Waals surface area contributed by atoms with Crippen LogP contribution in [0, 0.1) is 12.8 Å². The second kappa shape index (κ2) is 6.07. The molecule has 4 nitrogen and oxygen atoms in total. The summed E-state index contributed by atoms with van der Waals surface area (Å²) in [5.74, 6) is 2.59. The van der Waals surface area contributed by atoms with Crippen LogP contribution < -0.4 is 4.74 Å². The number of aryl methyl sites for hydroxylation is 1. The van der Waals surface area contributed by atoms with Crippen molar-refractivity contribution in [3.63, 3.8) is 0 Å². The van der Waals surface area contributed by atoms with Gasteiger partial charge in [-0.05, 0) is 30.5 Å². The van der Waals surface area contributed by atoms with Gasteiger partial charge in [0.25, 0.3) is 5.89 Å². The summed E-state index contributed by atoms with van der Waals surface area (Å²) in [4.78, 5) is 4.45. The molecule has 0 spiro atoms. The second-order valence-corrected chi connectivity index (χ2v) is 5.74. The van der Waals surface area contributed by atoms with Gasteiger partial charge in [-0.2, -0.15) is 4.98 Å². The van der Waals surface area contributed by atoms with Gasteiger partial charge in [0, 0.05) is 5.92 Å². The Hall–Kier alpha value is -1.84. The molecule has 0 aliphatic carbocycles. The molecule has 0 N–H and O–H groups in total. The monoisotopic (exact) mass is 274 g/mol. The first-order chi connectivity index (χ1) is 9.47. The molecule has 0 saturated heterocycles. The molecule has 4 heteroatoms. The molecule has 1 aromatic heterocycles. The Labute approximate surface area is 120 Å². The lowest BCUT2D eigenvalue weighted by Crippen LogP contribution is -2.15. The van der Waals surface area contributed by atoms with Crippen molar-refractivity contribution >= 4 is 0 Å². The van der Waals surface area contributed by atoms with Gasteiger partial charge in [-0.3, -0.25) is 0 Å². The molecule has 0 aliphatic rings. The van der Waals surface area contributed by atoms with Crippen LogP contribution in [0.4, 0.5) is 0 Å². The average Bonchev–Trinajstić information content (AvgIpc) is 2.85. The van der Waals surface area contributed by atoms with Gasteiger partial charge >= 0.3 is 0 Å². The standard InChI is InChI=1S/C16H22N2O2/c1-10(2)14(16-17-15(11(3)4)18-20-16)19-13-8-6-7-12(5)9-13/h6-11,14H,1-5H3/t14-/m0/s1. The van der Waals surface area contributed by atoms with Gasteiger partial charge in [0.1, 0.15) is 5.75 Å². The average molecular weight is 274 g/mol. The van der Waals surface area contributed by atoms with Crippen LogP contribution in [-0.2, 0) is 0 Å². The second-order valence-electron chi connectivity index (χ2n) is 5.74. The van der Waals surface area contributed by atoms with Gasteiger partial charge in [0.05, 0.1) is 0 Å². The SMILES string of the molecule is Cc1cccc(O[C@H](c2nc(C(C)C)no2)C(C)C)c1. The number of ether oxygens (including phenoxy) is 1. The highest BCUT2D eigenvalue weighted by Gasteiger charge is 2.25. The predicted molar refractivity (Wildman–Crippen MR) is 77.8 cm³/mol. The van der Waals surface area contributed by atoms with E-state index in [1.807, 2.05) is 45.0 Å². The Morgan fingerprint density at radius 1 is 1.15 bits per heavy atom. The van der Waals surface area contributed by atoms with Crippen molar-refractivity contribution in [3.8, 4) is 5.75 Å². The maximum atomic E-state index is 6.04. The lowest BCUT2D eigenvalue weighted by molar-refractivity contribution is 0.114. The number of hydrogen-bond donors (Lipinski definition) is 0. The van der Waals surface area contributed by atoms with Crippen LogP contribution in [0.1, 0.15) is 57.0 Å². The van der Waals surface area contributed by atoms with Crippen LogP contribution in [0.2, 0.25) is 0 Å². The Kier molecular flexibility index (Phi) is 4.42. The highest BCUT2D eigenvalue weighted by molar-refractivity contribution is 5.27. The lowest BCUT2D eigenvalue weighted by Gasteiger charge is -2.19. The number of benzene rings is 1. The Bertz CT molecular complexity index is 561. The van der Waals surface area contributed by atoms with Crippen LogP contribution in [0.5, 0.6) is 5.75 Å². The van der Waals surface area contributed by atoms with E-state index >= 15 is 0 Å². The Morgan fingerprint density at radius 2 is 1.90 bits per heavy atom. The normalized spacial score (nSPS) is 12.9.